The van der Waals surface area contributed by atoms with Crippen molar-refractivity contribution in [2.75, 3.05) is 19.6 Å². The van der Waals surface area contributed by atoms with Gasteiger partial charge in [-0.2, -0.15) is 0 Å². The Kier molecular flexibility index (Phi) is 19.3. The Balaban J connectivity index is 0.573. The minimum atomic E-state index is -0.213. The van der Waals surface area contributed by atoms with Crippen molar-refractivity contribution in [3.8, 4) is 22.3 Å². The van der Waals surface area contributed by atoms with E-state index in [0.29, 0.717) is 0 Å². The van der Waals surface area contributed by atoms with Crippen molar-refractivity contribution >= 4 is 136 Å². The van der Waals surface area contributed by atoms with Crippen LogP contribution in [-0.4, -0.2) is 0 Å². The van der Waals surface area contributed by atoms with Crippen LogP contribution in [0.4, 0.5) is 68.2 Å². The first-order valence-electron chi connectivity index (χ1n) is 43.0. The Morgan fingerprint density at radius 2 is 0.533 bits per heavy atom. The fraction of sp³-hybridized carbons (Fsp3) is 0.119. The van der Waals surface area contributed by atoms with Crippen LogP contribution in [0.2, 0.25) is 0 Å². The largest absolute Gasteiger partial charge is 0.311 e. The number of benzene rings is 18. The molecular weight excluding hydrogens is 1470 g/mol. The lowest BCUT2D eigenvalue weighted by Gasteiger charge is -2.30. The molecule has 0 amide bonds. The van der Waals surface area contributed by atoms with Gasteiger partial charge in [-0.25, -0.2) is 0 Å². The molecule has 0 unspecified atom stereocenters. The van der Waals surface area contributed by atoms with Crippen molar-refractivity contribution in [2.24, 2.45) is 0 Å². The quantitative estimate of drug-likeness (QED) is 0.0591. The molecule has 2 aliphatic carbocycles. The summed E-state index contributed by atoms with van der Waals surface area (Å²) >= 11 is 0. The zero-order valence-electron chi connectivity index (χ0n) is 70.8. The Hall–Kier alpha value is -14.3. The van der Waals surface area contributed by atoms with Crippen molar-refractivity contribution in [3.63, 3.8) is 0 Å². The first-order valence-corrected chi connectivity index (χ1v) is 43.0. The summed E-state index contributed by atoms with van der Waals surface area (Å²) in [5, 5.41) is 9.73. The second-order valence-corrected chi connectivity index (χ2v) is 35.9. The third-order valence-electron chi connectivity index (χ3n) is 25.9. The molecule has 0 spiro atoms. The molecule has 122 heavy (non-hydrogen) atoms. The van der Waals surface area contributed by atoms with Gasteiger partial charge >= 0.3 is 0 Å². The van der Waals surface area contributed by atoms with E-state index >= 15 is 0 Å². The summed E-state index contributed by atoms with van der Waals surface area (Å²) in [7, 11) is 0. The van der Waals surface area contributed by atoms with Crippen LogP contribution >= 0.6 is 0 Å². The van der Waals surface area contributed by atoms with E-state index in [1.54, 1.807) is 0 Å². The van der Waals surface area contributed by atoms with Gasteiger partial charge in [0, 0.05) is 78.5 Å². The van der Waals surface area contributed by atoms with Gasteiger partial charge in [0.2, 0.25) is 0 Å². The SMILES string of the molecule is CC(C)(C)c1ccc(N(c2ccc(C=Cc3ccc4c(c3)C(C)(C)c3cc(N(c5ccccc5)c5ccccc5)ccc3-4)cc2)c2ccc(C(C)(C)Cc3ccc4cc(N(c5ccc(C=Cc6ccc7c(c6)C(C)(C)c6cc(N(c8ccccc8)c8ccccc8)ccc6-7)cc5)c5cc6ccccc6c6ccccc56)c5ccccc5c4c3)cc2)cc1. The molecule has 2 aliphatic rings. The van der Waals surface area contributed by atoms with Crippen LogP contribution in [0.15, 0.2) is 394 Å². The van der Waals surface area contributed by atoms with Gasteiger partial charge in [0.25, 0.3) is 0 Å². The fourth-order valence-electron chi connectivity index (χ4n) is 19.3. The van der Waals surface area contributed by atoms with Crippen molar-refractivity contribution in [2.45, 2.75) is 90.4 Å². The number of rotatable bonds is 19. The fourth-order valence-corrected chi connectivity index (χ4v) is 19.3. The number of fused-ring (bicyclic) bond motifs is 12. The average Bonchev–Trinajstić information content (AvgIpc) is 1.42. The highest BCUT2D eigenvalue weighted by Gasteiger charge is 2.38. The van der Waals surface area contributed by atoms with Crippen molar-refractivity contribution in [1.29, 1.82) is 0 Å². The molecule has 0 fully saturated rings. The molecule has 18 aromatic rings. The first kappa shape index (κ1) is 76.4. The third-order valence-corrected chi connectivity index (χ3v) is 25.9. The zero-order chi connectivity index (χ0) is 83.0. The van der Waals surface area contributed by atoms with Crippen LogP contribution in [0.25, 0.3) is 89.6 Å². The van der Waals surface area contributed by atoms with Crippen molar-refractivity contribution in [1.82, 2.24) is 0 Å². The Bertz CT molecular complexity index is 6980. The lowest BCUT2D eigenvalue weighted by molar-refractivity contribution is 0.523. The van der Waals surface area contributed by atoms with Crippen LogP contribution < -0.4 is 19.6 Å². The number of nitrogens with zero attached hydrogens (tertiary/aromatic N) is 4. The molecule has 18 aromatic carbocycles. The zero-order valence-corrected chi connectivity index (χ0v) is 70.8. The molecule has 0 saturated heterocycles. The van der Waals surface area contributed by atoms with Crippen LogP contribution in [-0.2, 0) is 28.1 Å². The molecule has 20 rings (SSSR count). The Morgan fingerprint density at radius 3 is 0.959 bits per heavy atom. The maximum Gasteiger partial charge on any atom is 0.0546 e. The molecule has 0 N–H and O–H groups in total. The molecule has 0 saturated carbocycles. The van der Waals surface area contributed by atoms with E-state index in [1.807, 2.05) is 0 Å². The van der Waals surface area contributed by atoms with E-state index < -0.39 is 0 Å². The minimum Gasteiger partial charge on any atom is -0.311 e. The van der Waals surface area contributed by atoms with E-state index in [1.165, 1.54) is 115 Å². The normalized spacial score (nSPS) is 13.2. The van der Waals surface area contributed by atoms with Gasteiger partial charge < -0.3 is 19.6 Å². The van der Waals surface area contributed by atoms with Gasteiger partial charge in [-0.15, -0.1) is 0 Å². The standard InChI is InChI=1S/C118H98N4/c1-115(2,3)87-54-62-94(63-55-87)119(93-58-47-80(48-59-93)42-44-82-51-68-102-104-70-66-97(77-111(104)117(6,7)109(102)73-82)120(89-29-14-10-15-30-89)90-31-16-11-17-32-90)95-64-56-88(57-65-95)116(4,5)79-84-46-53-86-76-114(107-41-27-25-39-101(107)108(86)72-84)122(113-75-85-28-22-23-37-99(85)100-38-24-26-40-106(100)113)96-60-49-81(50-61-96)43-45-83-52-69-103-105-71-67-98(78-112(105)118(8,9)110(103)74-83)121(91-33-18-12-19-34-91)92-35-20-13-21-36-92/h10-78H,79H2,1-9H3. The lowest BCUT2D eigenvalue weighted by Crippen LogP contribution is -2.20. The van der Waals surface area contributed by atoms with Gasteiger partial charge in [0.1, 0.15) is 0 Å². The van der Waals surface area contributed by atoms with Gasteiger partial charge in [-0.3, -0.25) is 0 Å². The Labute approximate surface area is 718 Å². The Morgan fingerprint density at radius 1 is 0.230 bits per heavy atom. The van der Waals surface area contributed by atoms with Crippen molar-refractivity contribution in [3.05, 3.63) is 456 Å². The molecule has 0 atom stereocenters. The summed E-state index contributed by atoms with van der Waals surface area (Å²) in [5.74, 6) is 0. The van der Waals surface area contributed by atoms with E-state index in [0.717, 1.165) is 85.8 Å². The van der Waals surface area contributed by atoms with Gasteiger partial charge in [-0.05, 0) is 266 Å². The number of hydrogen-bond acceptors (Lipinski definition) is 4. The average molecular weight is 1570 g/mol. The van der Waals surface area contributed by atoms with E-state index in [-0.39, 0.29) is 21.7 Å². The highest BCUT2D eigenvalue weighted by Crippen LogP contribution is 2.55. The second-order valence-electron chi connectivity index (χ2n) is 35.9. The summed E-state index contributed by atoms with van der Waals surface area (Å²) in [6, 6.07) is 146. The summed E-state index contributed by atoms with van der Waals surface area (Å²) in [6.45, 7) is 21.2. The smallest absolute Gasteiger partial charge is 0.0546 e. The maximum absolute atomic E-state index is 2.52. The van der Waals surface area contributed by atoms with Gasteiger partial charge in [-0.1, -0.05) is 347 Å². The highest BCUT2D eigenvalue weighted by atomic mass is 15.2. The number of hydrogen-bond donors (Lipinski definition) is 0. The second kappa shape index (κ2) is 30.8. The number of para-hydroxylation sites is 4. The molecule has 0 heterocycles. The topological polar surface area (TPSA) is 13.0 Å². The molecule has 4 nitrogen and oxygen atoms in total. The van der Waals surface area contributed by atoms with Crippen LogP contribution in [0.3, 0.4) is 0 Å². The highest BCUT2D eigenvalue weighted by molar-refractivity contribution is 6.19. The number of anilines is 12. The predicted molar refractivity (Wildman–Crippen MR) is 523 cm³/mol. The van der Waals surface area contributed by atoms with Crippen molar-refractivity contribution < 1.29 is 0 Å². The summed E-state index contributed by atoms with van der Waals surface area (Å²) < 4.78 is 0. The van der Waals surface area contributed by atoms with E-state index in [9.17, 15) is 0 Å². The third kappa shape index (κ3) is 14.1. The lowest BCUT2D eigenvalue weighted by atomic mass is 9.78. The minimum absolute atomic E-state index is 0.0211. The van der Waals surface area contributed by atoms with E-state index in [4.69, 9.17) is 0 Å². The molecule has 590 valence electrons. The van der Waals surface area contributed by atoms with Gasteiger partial charge in [0.15, 0.2) is 0 Å². The molecular formula is C118H98N4. The first-order chi connectivity index (χ1) is 59.3. The molecule has 0 radical (unpaired) electrons. The summed E-state index contributed by atoms with van der Waals surface area (Å²) in [5.41, 5.74) is 32.0. The van der Waals surface area contributed by atoms with Crippen LogP contribution in [0, 0.1) is 0 Å². The maximum atomic E-state index is 2.52. The van der Waals surface area contributed by atoms with Crippen LogP contribution in [0.5, 0.6) is 0 Å². The van der Waals surface area contributed by atoms with Gasteiger partial charge in [0.05, 0.1) is 11.4 Å². The molecule has 0 aliphatic heterocycles. The summed E-state index contributed by atoms with van der Waals surface area (Å²) in [4.78, 5) is 9.64. The summed E-state index contributed by atoms with van der Waals surface area (Å²) in [6.07, 6.45) is 9.92. The molecule has 0 bridgehead atoms. The predicted octanol–water partition coefficient (Wildman–Crippen LogP) is 32.9. The molecule has 0 aromatic heterocycles. The monoisotopic (exact) mass is 1570 g/mol. The van der Waals surface area contributed by atoms with E-state index in [2.05, 4.69) is 501 Å². The molecule has 4 heteroatoms. The van der Waals surface area contributed by atoms with Crippen LogP contribution in [0.1, 0.15) is 124 Å².